The van der Waals surface area contributed by atoms with Crippen LogP contribution in [0.15, 0.2) is 6.07 Å². The van der Waals surface area contributed by atoms with Crippen LogP contribution in [0.4, 0.5) is 0 Å². The molecule has 1 aliphatic heterocycles. The highest BCUT2D eigenvalue weighted by molar-refractivity contribution is 5.93. The SMILES string of the molecule is CCN1CCn2nc(C)cc2C1=O. The maximum Gasteiger partial charge on any atom is 0.272 e. The zero-order valence-electron chi connectivity index (χ0n) is 7.95. The van der Waals surface area contributed by atoms with Gasteiger partial charge in [0.05, 0.1) is 12.2 Å². The average Bonchev–Trinajstić information content (AvgIpc) is 2.47. The Hall–Kier alpha value is -1.32. The number of nitrogens with zero attached hydrogens (tertiary/aromatic N) is 3. The Morgan fingerprint density at radius 1 is 1.54 bits per heavy atom. The highest BCUT2D eigenvalue weighted by atomic mass is 16.2. The average molecular weight is 179 g/mol. The van der Waals surface area contributed by atoms with Crippen molar-refractivity contribution >= 4 is 5.91 Å². The molecule has 70 valence electrons. The molecule has 1 aromatic heterocycles. The summed E-state index contributed by atoms with van der Waals surface area (Å²) in [6.45, 7) is 6.29. The van der Waals surface area contributed by atoms with Crippen LogP contribution in [0, 0.1) is 6.92 Å². The van der Waals surface area contributed by atoms with Gasteiger partial charge in [0, 0.05) is 13.1 Å². The first kappa shape index (κ1) is 8.29. The number of aryl methyl sites for hydroxylation is 1. The van der Waals surface area contributed by atoms with E-state index in [9.17, 15) is 4.79 Å². The van der Waals surface area contributed by atoms with Gasteiger partial charge in [0.25, 0.3) is 5.91 Å². The zero-order valence-corrected chi connectivity index (χ0v) is 7.95. The number of hydrogen-bond acceptors (Lipinski definition) is 2. The highest BCUT2D eigenvalue weighted by Crippen LogP contribution is 2.12. The fourth-order valence-electron chi connectivity index (χ4n) is 1.67. The largest absolute Gasteiger partial charge is 0.336 e. The van der Waals surface area contributed by atoms with E-state index in [4.69, 9.17) is 0 Å². The van der Waals surface area contributed by atoms with E-state index < -0.39 is 0 Å². The molecule has 1 aromatic rings. The van der Waals surface area contributed by atoms with Crippen LogP contribution < -0.4 is 0 Å². The number of carbonyl (C=O) groups excluding carboxylic acids is 1. The summed E-state index contributed by atoms with van der Waals surface area (Å²) in [6, 6.07) is 1.85. The quantitative estimate of drug-likeness (QED) is 0.635. The Kier molecular flexibility index (Phi) is 1.83. The van der Waals surface area contributed by atoms with Crippen molar-refractivity contribution in [3.05, 3.63) is 17.5 Å². The molecule has 0 unspecified atom stereocenters. The van der Waals surface area contributed by atoms with Gasteiger partial charge in [-0.1, -0.05) is 0 Å². The van der Waals surface area contributed by atoms with E-state index >= 15 is 0 Å². The number of rotatable bonds is 1. The minimum atomic E-state index is 0.106. The van der Waals surface area contributed by atoms with Crippen LogP contribution >= 0.6 is 0 Å². The molecule has 1 amide bonds. The van der Waals surface area contributed by atoms with Crippen molar-refractivity contribution in [3.8, 4) is 0 Å². The molecule has 4 heteroatoms. The Balaban J connectivity index is 2.38. The van der Waals surface area contributed by atoms with Crippen molar-refractivity contribution in [1.29, 1.82) is 0 Å². The van der Waals surface area contributed by atoms with Gasteiger partial charge in [0.1, 0.15) is 5.69 Å². The molecule has 2 heterocycles. The van der Waals surface area contributed by atoms with Crippen molar-refractivity contribution in [2.75, 3.05) is 13.1 Å². The molecule has 0 saturated carbocycles. The second-order valence-corrected chi connectivity index (χ2v) is 3.28. The fraction of sp³-hybridized carbons (Fsp3) is 0.556. The molecule has 0 saturated heterocycles. The predicted molar refractivity (Wildman–Crippen MR) is 48.5 cm³/mol. The molecular formula is C9H13N3O. The first-order valence-electron chi connectivity index (χ1n) is 4.56. The van der Waals surface area contributed by atoms with E-state index in [1.54, 1.807) is 4.68 Å². The summed E-state index contributed by atoms with van der Waals surface area (Å²) in [5.74, 6) is 0.106. The van der Waals surface area contributed by atoms with E-state index in [-0.39, 0.29) is 5.91 Å². The van der Waals surface area contributed by atoms with Gasteiger partial charge in [-0.25, -0.2) is 0 Å². The lowest BCUT2D eigenvalue weighted by Gasteiger charge is -2.25. The minimum Gasteiger partial charge on any atom is -0.336 e. The van der Waals surface area contributed by atoms with Gasteiger partial charge in [-0.3, -0.25) is 9.48 Å². The van der Waals surface area contributed by atoms with E-state index in [0.29, 0.717) is 0 Å². The number of aromatic nitrogens is 2. The third kappa shape index (κ3) is 1.22. The first-order valence-corrected chi connectivity index (χ1v) is 4.56. The van der Waals surface area contributed by atoms with E-state index in [2.05, 4.69) is 5.10 Å². The second-order valence-electron chi connectivity index (χ2n) is 3.28. The summed E-state index contributed by atoms with van der Waals surface area (Å²) in [5.41, 5.74) is 1.65. The Morgan fingerprint density at radius 2 is 2.31 bits per heavy atom. The lowest BCUT2D eigenvalue weighted by Crippen LogP contribution is -2.40. The Labute approximate surface area is 77.1 Å². The van der Waals surface area contributed by atoms with Crippen LogP contribution in [-0.4, -0.2) is 33.7 Å². The van der Waals surface area contributed by atoms with Crippen LogP contribution in [0.2, 0.25) is 0 Å². The van der Waals surface area contributed by atoms with Crippen LogP contribution in [0.3, 0.4) is 0 Å². The van der Waals surface area contributed by atoms with E-state index in [1.807, 2.05) is 24.8 Å². The van der Waals surface area contributed by atoms with Crippen molar-refractivity contribution in [2.45, 2.75) is 20.4 Å². The molecule has 0 bridgehead atoms. The third-order valence-corrected chi connectivity index (χ3v) is 2.37. The second kappa shape index (κ2) is 2.87. The van der Waals surface area contributed by atoms with Crippen LogP contribution in [0.5, 0.6) is 0 Å². The molecule has 0 fully saturated rings. The normalized spacial score (nSPS) is 16.2. The highest BCUT2D eigenvalue weighted by Gasteiger charge is 2.23. The first-order chi connectivity index (χ1) is 6.22. The molecule has 0 aliphatic carbocycles. The standard InChI is InChI=1S/C9H13N3O/c1-3-11-4-5-12-8(9(11)13)6-7(2)10-12/h6H,3-5H2,1-2H3. The molecule has 2 rings (SSSR count). The number of amides is 1. The van der Waals surface area contributed by atoms with Gasteiger partial charge >= 0.3 is 0 Å². The predicted octanol–water partition coefficient (Wildman–Crippen LogP) is 0.667. The molecule has 1 aliphatic rings. The Morgan fingerprint density at radius 3 is 3.00 bits per heavy atom. The maximum absolute atomic E-state index is 11.7. The van der Waals surface area contributed by atoms with Crippen molar-refractivity contribution < 1.29 is 4.79 Å². The summed E-state index contributed by atoms with van der Waals surface area (Å²) < 4.78 is 1.80. The van der Waals surface area contributed by atoms with Gasteiger partial charge in [-0.2, -0.15) is 5.10 Å². The molecular weight excluding hydrogens is 166 g/mol. The third-order valence-electron chi connectivity index (χ3n) is 2.37. The molecule has 0 N–H and O–H groups in total. The number of likely N-dealkylation sites (N-methyl/N-ethyl adjacent to an activating group) is 1. The topological polar surface area (TPSA) is 38.1 Å². The van der Waals surface area contributed by atoms with E-state index in [0.717, 1.165) is 31.0 Å². The number of fused-ring (bicyclic) bond motifs is 1. The van der Waals surface area contributed by atoms with Crippen molar-refractivity contribution in [2.24, 2.45) is 0 Å². The zero-order chi connectivity index (χ0) is 9.42. The van der Waals surface area contributed by atoms with Gasteiger partial charge in [0.2, 0.25) is 0 Å². The monoisotopic (exact) mass is 179 g/mol. The van der Waals surface area contributed by atoms with Crippen LogP contribution in [0.1, 0.15) is 23.1 Å². The summed E-state index contributed by atoms with van der Waals surface area (Å²) >= 11 is 0. The Bertz CT molecular complexity index is 343. The van der Waals surface area contributed by atoms with Gasteiger partial charge < -0.3 is 4.90 Å². The molecule has 0 spiro atoms. The summed E-state index contributed by atoms with van der Waals surface area (Å²) in [7, 11) is 0. The molecule has 0 atom stereocenters. The lowest BCUT2D eigenvalue weighted by atomic mass is 10.3. The van der Waals surface area contributed by atoms with Crippen molar-refractivity contribution in [3.63, 3.8) is 0 Å². The van der Waals surface area contributed by atoms with Gasteiger partial charge in [0.15, 0.2) is 0 Å². The van der Waals surface area contributed by atoms with E-state index in [1.165, 1.54) is 0 Å². The summed E-state index contributed by atoms with van der Waals surface area (Å²) in [5, 5.41) is 4.24. The molecule has 4 nitrogen and oxygen atoms in total. The fourth-order valence-corrected chi connectivity index (χ4v) is 1.67. The van der Waals surface area contributed by atoms with Crippen molar-refractivity contribution in [1.82, 2.24) is 14.7 Å². The minimum absolute atomic E-state index is 0.106. The number of hydrogen-bond donors (Lipinski definition) is 0. The van der Waals surface area contributed by atoms with Gasteiger partial charge in [-0.15, -0.1) is 0 Å². The van der Waals surface area contributed by atoms with Crippen LogP contribution in [0.25, 0.3) is 0 Å². The van der Waals surface area contributed by atoms with Crippen LogP contribution in [-0.2, 0) is 6.54 Å². The molecule has 0 aromatic carbocycles. The van der Waals surface area contributed by atoms with Gasteiger partial charge in [-0.05, 0) is 19.9 Å². The number of carbonyl (C=O) groups is 1. The molecule has 0 radical (unpaired) electrons. The maximum atomic E-state index is 11.7. The summed E-state index contributed by atoms with van der Waals surface area (Å²) in [6.07, 6.45) is 0. The smallest absolute Gasteiger partial charge is 0.272 e. The summed E-state index contributed by atoms with van der Waals surface area (Å²) in [4.78, 5) is 13.6. The molecule has 13 heavy (non-hydrogen) atoms. The lowest BCUT2D eigenvalue weighted by molar-refractivity contribution is 0.0708.